The SMILES string of the molecule is O=C(N[C@H]1CC[C@H](N2CC(F)(F)C2)CC1)c1ccc(-c2nccc3occc23)cc1. The van der Waals surface area contributed by atoms with Crippen molar-refractivity contribution in [1.82, 2.24) is 15.2 Å². The summed E-state index contributed by atoms with van der Waals surface area (Å²) in [5.41, 5.74) is 3.12. The largest absolute Gasteiger partial charge is 0.464 e. The maximum atomic E-state index is 13.1. The molecule has 156 valence electrons. The third-order valence-electron chi connectivity index (χ3n) is 6.22. The molecule has 1 aliphatic carbocycles. The quantitative estimate of drug-likeness (QED) is 0.687. The summed E-state index contributed by atoms with van der Waals surface area (Å²) in [6, 6.07) is 11.4. The first kappa shape index (κ1) is 19.2. The molecule has 3 heterocycles. The first-order valence-corrected chi connectivity index (χ1v) is 10.3. The van der Waals surface area contributed by atoms with E-state index in [1.165, 1.54) is 0 Å². The number of amides is 1. The van der Waals surface area contributed by atoms with Gasteiger partial charge in [0.25, 0.3) is 11.8 Å². The van der Waals surface area contributed by atoms with Gasteiger partial charge in [-0.1, -0.05) is 12.1 Å². The molecule has 30 heavy (non-hydrogen) atoms. The van der Waals surface area contributed by atoms with E-state index in [-0.39, 0.29) is 31.1 Å². The molecule has 2 aliphatic rings. The van der Waals surface area contributed by atoms with E-state index in [0.717, 1.165) is 47.9 Å². The van der Waals surface area contributed by atoms with Crippen LogP contribution in [0.5, 0.6) is 0 Å². The lowest BCUT2D eigenvalue weighted by Gasteiger charge is -2.46. The Kier molecular flexibility index (Phi) is 4.77. The third kappa shape index (κ3) is 3.69. The Morgan fingerprint density at radius 1 is 1.07 bits per heavy atom. The molecule has 0 atom stereocenters. The van der Waals surface area contributed by atoms with Gasteiger partial charge in [-0.3, -0.25) is 14.7 Å². The Labute approximate surface area is 173 Å². The molecule has 1 saturated carbocycles. The van der Waals surface area contributed by atoms with Crippen LogP contribution >= 0.6 is 0 Å². The normalized spacial score (nSPS) is 23.8. The van der Waals surface area contributed by atoms with Crippen molar-refractivity contribution in [1.29, 1.82) is 0 Å². The van der Waals surface area contributed by atoms with Crippen molar-refractivity contribution in [2.24, 2.45) is 0 Å². The van der Waals surface area contributed by atoms with Crippen molar-refractivity contribution < 1.29 is 18.0 Å². The molecule has 2 fully saturated rings. The highest BCUT2D eigenvalue weighted by Crippen LogP contribution is 2.34. The van der Waals surface area contributed by atoms with Crippen LogP contribution < -0.4 is 5.32 Å². The number of aromatic nitrogens is 1. The number of carbonyl (C=O) groups is 1. The maximum Gasteiger partial charge on any atom is 0.272 e. The smallest absolute Gasteiger partial charge is 0.272 e. The van der Waals surface area contributed by atoms with Gasteiger partial charge in [0, 0.05) is 34.8 Å². The second kappa shape index (κ2) is 7.47. The molecular formula is C23H23F2N3O2. The Balaban J connectivity index is 1.19. The summed E-state index contributed by atoms with van der Waals surface area (Å²) in [5.74, 6) is -2.62. The van der Waals surface area contributed by atoms with Crippen LogP contribution in [0, 0.1) is 0 Å². The van der Waals surface area contributed by atoms with E-state index in [9.17, 15) is 13.6 Å². The minimum atomic E-state index is -2.52. The average Bonchev–Trinajstić information content (AvgIpc) is 3.22. The molecule has 5 nitrogen and oxygen atoms in total. The van der Waals surface area contributed by atoms with E-state index in [0.29, 0.717) is 5.56 Å². The van der Waals surface area contributed by atoms with Crippen molar-refractivity contribution in [2.75, 3.05) is 13.1 Å². The van der Waals surface area contributed by atoms with E-state index in [1.54, 1.807) is 24.6 Å². The molecule has 7 heteroatoms. The summed E-state index contributed by atoms with van der Waals surface area (Å²) in [7, 11) is 0. The van der Waals surface area contributed by atoms with Crippen LogP contribution in [-0.2, 0) is 0 Å². The number of furan rings is 1. The highest BCUT2D eigenvalue weighted by atomic mass is 19.3. The molecule has 2 aromatic heterocycles. The number of rotatable bonds is 4. The second-order valence-electron chi connectivity index (χ2n) is 8.31. The fourth-order valence-corrected chi connectivity index (χ4v) is 4.56. The first-order valence-electron chi connectivity index (χ1n) is 10.3. The summed E-state index contributed by atoms with van der Waals surface area (Å²) in [4.78, 5) is 19.0. The van der Waals surface area contributed by atoms with Gasteiger partial charge in [-0.15, -0.1) is 0 Å². The van der Waals surface area contributed by atoms with E-state index in [1.807, 2.05) is 29.2 Å². The van der Waals surface area contributed by atoms with Crippen LogP contribution in [0.4, 0.5) is 8.78 Å². The maximum absolute atomic E-state index is 13.1. The molecular weight excluding hydrogens is 388 g/mol. The lowest BCUT2D eigenvalue weighted by Crippen LogP contribution is -2.60. The summed E-state index contributed by atoms with van der Waals surface area (Å²) >= 11 is 0. The van der Waals surface area contributed by atoms with Gasteiger partial charge < -0.3 is 9.73 Å². The number of pyridine rings is 1. The molecule has 1 saturated heterocycles. The summed E-state index contributed by atoms with van der Waals surface area (Å²) in [5, 5.41) is 4.03. The predicted octanol–water partition coefficient (Wildman–Crippen LogP) is 4.49. The standard InChI is InChI=1S/C23H23F2N3O2/c24-23(25)13-28(14-23)18-7-5-17(6-8-18)27-22(29)16-3-1-15(2-4-16)21-19-10-12-30-20(19)9-11-26-21/h1-4,9-12,17-18H,5-8,13-14H2,(H,27,29)/t17-,18-. The number of hydrogen-bond donors (Lipinski definition) is 1. The molecule has 1 amide bonds. The predicted molar refractivity (Wildman–Crippen MR) is 109 cm³/mol. The average molecular weight is 411 g/mol. The van der Waals surface area contributed by atoms with E-state index < -0.39 is 5.92 Å². The number of halogens is 2. The molecule has 0 spiro atoms. The van der Waals surface area contributed by atoms with Crippen LogP contribution in [-0.4, -0.2) is 46.9 Å². The topological polar surface area (TPSA) is 58.4 Å². The summed E-state index contributed by atoms with van der Waals surface area (Å²) in [6.45, 7) is -0.245. The van der Waals surface area contributed by atoms with Gasteiger partial charge in [0.05, 0.1) is 25.0 Å². The van der Waals surface area contributed by atoms with Crippen LogP contribution in [0.2, 0.25) is 0 Å². The van der Waals surface area contributed by atoms with Crippen molar-refractivity contribution in [3.8, 4) is 11.3 Å². The van der Waals surface area contributed by atoms with Gasteiger partial charge in [0.15, 0.2) is 0 Å². The van der Waals surface area contributed by atoms with Crippen LogP contribution in [0.15, 0.2) is 53.3 Å². The van der Waals surface area contributed by atoms with Gasteiger partial charge in [-0.2, -0.15) is 0 Å². The monoisotopic (exact) mass is 411 g/mol. The fraction of sp³-hybridized carbons (Fsp3) is 0.391. The van der Waals surface area contributed by atoms with E-state index in [4.69, 9.17) is 4.42 Å². The Bertz CT molecular complexity index is 1050. The number of nitrogens with one attached hydrogen (secondary N) is 1. The van der Waals surface area contributed by atoms with Gasteiger partial charge in [0.2, 0.25) is 0 Å². The van der Waals surface area contributed by atoms with Crippen molar-refractivity contribution in [3.05, 3.63) is 54.4 Å². The molecule has 1 aromatic carbocycles. The number of likely N-dealkylation sites (tertiary alicyclic amines) is 1. The zero-order valence-corrected chi connectivity index (χ0v) is 16.5. The lowest BCUT2D eigenvalue weighted by atomic mass is 9.88. The molecule has 3 aromatic rings. The molecule has 0 unspecified atom stereocenters. The minimum absolute atomic E-state index is 0.0940. The van der Waals surface area contributed by atoms with Gasteiger partial charge in [-0.25, -0.2) is 8.78 Å². The fourth-order valence-electron chi connectivity index (χ4n) is 4.56. The molecule has 5 rings (SSSR count). The Morgan fingerprint density at radius 2 is 1.80 bits per heavy atom. The Hall–Kier alpha value is -2.80. The molecule has 1 N–H and O–H groups in total. The number of fused-ring (bicyclic) bond motifs is 1. The van der Waals surface area contributed by atoms with Crippen LogP contribution in [0.1, 0.15) is 36.0 Å². The summed E-state index contributed by atoms with van der Waals surface area (Å²) < 4.78 is 31.6. The van der Waals surface area contributed by atoms with Crippen molar-refractivity contribution >= 4 is 16.9 Å². The van der Waals surface area contributed by atoms with Crippen LogP contribution in [0.25, 0.3) is 22.2 Å². The van der Waals surface area contributed by atoms with Crippen LogP contribution in [0.3, 0.4) is 0 Å². The summed E-state index contributed by atoms with van der Waals surface area (Å²) in [6.07, 6.45) is 6.69. The highest BCUT2D eigenvalue weighted by molar-refractivity contribution is 5.96. The molecule has 1 aliphatic heterocycles. The number of hydrogen-bond acceptors (Lipinski definition) is 4. The van der Waals surface area contributed by atoms with Crippen molar-refractivity contribution in [3.63, 3.8) is 0 Å². The minimum Gasteiger partial charge on any atom is -0.464 e. The zero-order chi connectivity index (χ0) is 20.7. The van der Waals surface area contributed by atoms with Gasteiger partial charge in [0.1, 0.15) is 5.58 Å². The zero-order valence-electron chi connectivity index (χ0n) is 16.5. The lowest BCUT2D eigenvalue weighted by molar-refractivity contribution is -0.150. The molecule has 0 radical (unpaired) electrons. The Morgan fingerprint density at radius 3 is 2.50 bits per heavy atom. The first-order chi connectivity index (χ1) is 14.5. The van der Waals surface area contributed by atoms with Gasteiger partial charge >= 0.3 is 0 Å². The van der Waals surface area contributed by atoms with Crippen molar-refractivity contribution in [2.45, 2.75) is 43.7 Å². The number of nitrogens with zero attached hydrogens (tertiary/aromatic N) is 2. The van der Waals surface area contributed by atoms with Gasteiger partial charge in [-0.05, 0) is 49.9 Å². The molecule has 0 bridgehead atoms. The van der Waals surface area contributed by atoms with E-state index in [2.05, 4.69) is 10.3 Å². The third-order valence-corrected chi connectivity index (χ3v) is 6.22. The number of benzene rings is 1. The second-order valence-corrected chi connectivity index (χ2v) is 8.31. The highest BCUT2D eigenvalue weighted by Gasteiger charge is 2.47. The number of carbonyl (C=O) groups excluding carboxylic acids is 1. The number of alkyl halides is 2. The van der Waals surface area contributed by atoms with E-state index >= 15 is 0 Å².